The Balaban J connectivity index is 1.26. The van der Waals surface area contributed by atoms with E-state index >= 15 is 0 Å². The monoisotopic (exact) mass is 634 g/mol. The molecule has 0 unspecified atom stereocenters. The number of ether oxygens (including phenoxy) is 1. The van der Waals surface area contributed by atoms with E-state index in [9.17, 15) is 4.79 Å². The van der Waals surface area contributed by atoms with Gasteiger partial charge in [0.05, 0.1) is 43.0 Å². The van der Waals surface area contributed by atoms with Crippen molar-refractivity contribution in [3.05, 3.63) is 91.7 Å². The maximum absolute atomic E-state index is 12.4. The average Bonchev–Trinajstić information content (AvgIpc) is 3.77. The van der Waals surface area contributed by atoms with Gasteiger partial charge in [0.1, 0.15) is 17.9 Å². The van der Waals surface area contributed by atoms with Crippen molar-refractivity contribution in [3.63, 3.8) is 0 Å². The summed E-state index contributed by atoms with van der Waals surface area (Å²) < 4.78 is 7.54. The average molecular weight is 635 g/mol. The van der Waals surface area contributed by atoms with Crippen molar-refractivity contribution in [2.24, 2.45) is 0 Å². The van der Waals surface area contributed by atoms with Crippen molar-refractivity contribution in [1.29, 1.82) is 0 Å². The van der Waals surface area contributed by atoms with Crippen LogP contribution in [0.25, 0.3) is 16.8 Å². The van der Waals surface area contributed by atoms with Crippen LogP contribution in [0, 0.1) is 0 Å². The van der Waals surface area contributed by atoms with Crippen LogP contribution in [0.3, 0.4) is 0 Å². The lowest BCUT2D eigenvalue weighted by Gasteiger charge is -2.26. The molecule has 0 aliphatic carbocycles. The Hall–Kier alpha value is -5.53. The molecule has 1 amide bonds. The van der Waals surface area contributed by atoms with Gasteiger partial charge in [0.2, 0.25) is 5.91 Å². The topological polar surface area (TPSA) is 125 Å². The zero-order valence-corrected chi connectivity index (χ0v) is 26.9. The molecule has 0 radical (unpaired) electrons. The number of nitrogens with zero attached hydrogens (tertiary/aromatic N) is 8. The summed E-state index contributed by atoms with van der Waals surface area (Å²) in [5.41, 5.74) is 5.93. The zero-order chi connectivity index (χ0) is 32.9. The molecule has 0 spiro atoms. The maximum atomic E-state index is 12.4. The molecule has 6 rings (SSSR count). The van der Waals surface area contributed by atoms with Crippen LogP contribution in [0.1, 0.15) is 18.0 Å². The second kappa shape index (κ2) is 13.8. The summed E-state index contributed by atoms with van der Waals surface area (Å²) in [5, 5.41) is 12.4. The van der Waals surface area contributed by atoms with E-state index in [1.54, 1.807) is 17.8 Å². The van der Waals surface area contributed by atoms with E-state index in [2.05, 4.69) is 65.3 Å². The third-order valence-corrected chi connectivity index (χ3v) is 7.95. The van der Waals surface area contributed by atoms with Gasteiger partial charge < -0.3 is 25.2 Å². The molecule has 1 aliphatic heterocycles. The zero-order valence-electron chi connectivity index (χ0n) is 26.9. The Morgan fingerprint density at radius 2 is 1.96 bits per heavy atom. The van der Waals surface area contributed by atoms with E-state index in [0.29, 0.717) is 35.4 Å². The molecule has 1 atom stereocenters. The van der Waals surface area contributed by atoms with Gasteiger partial charge in [-0.2, -0.15) is 5.10 Å². The fourth-order valence-corrected chi connectivity index (χ4v) is 5.46. The van der Waals surface area contributed by atoms with Gasteiger partial charge in [-0.3, -0.25) is 9.63 Å². The van der Waals surface area contributed by atoms with Gasteiger partial charge in [-0.05, 0) is 43.4 Å². The lowest BCUT2D eigenvalue weighted by atomic mass is 9.99. The predicted molar refractivity (Wildman–Crippen MR) is 183 cm³/mol. The van der Waals surface area contributed by atoms with Gasteiger partial charge in [0.15, 0.2) is 11.5 Å². The molecule has 1 saturated heterocycles. The van der Waals surface area contributed by atoms with Gasteiger partial charge in [0.25, 0.3) is 0 Å². The van der Waals surface area contributed by atoms with Crippen molar-refractivity contribution in [2.45, 2.75) is 12.5 Å². The number of rotatable bonds is 12. The number of fused-ring (bicyclic) bond motifs is 1. The molecule has 1 fully saturated rings. The van der Waals surface area contributed by atoms with Gasteiger partial charge in [-0.1, -0.05) is 24.8 Å². The van der Waals surface area contributed by atoms with Crippen LogP contribution in [0.4, 0.5) is 28.7 Å². The number of methoxy groups -OCH3 is 1. The first kappa shape index (κ1) is 31.5. The highest BCUT2D eigenvalue weighted by Gasteiger charge is 2.29. The molecule has 2 N–H and O–H groups in total. The third kappa shape index (κ3) is 7.00. The Morgan fingerprint density at radius 1 is 1.09 bits per heavy atom. The standard InChI is InChI=1S/C34H38N10O3/c1-6-34(45)40-26-17-27(30(46-5)18-29(26)42(4)14-13-41(2)3)39-31-19-33(37-22-36-31)44-28(11-15-47-44)24-9-7-8-23(16-24)25-20-35-32-10-12-38-43(32)21-25/h6-10,12,16-22,28H,1,11,13-15H2,2-5H3,(H,40,45)(H,36,37,39)/t28-/m1/s1. The van der Waals surface area contributed by atoms with Crippen molar-refractivity contribution >= 4 is 40.3 Å². The van der Waals surface area contributed by atoms with Crippen LogP contribution in [-0.2, 0) is 9.63 Å². The Labute approximate surface area is 273 Å². The van der Waals surface area contributed by atoms with Crippen molar-refractivity contribution < 1.29 is 14.4 Å². The van der Waals surface area contributed by atoms with Crippen molar-refractivity contribution in [3.8, 4) is 16.9 Å². The normalized spacial score (nSPS) is 14.4. The highest BCUT2D eigenvalue weighted by Crippen LogP contribution is 2.39. The molecular weight excluding hydrogens is 596 g/mol. The second-order valence-electron chi connectivity index (χ2n) is 11.4. The van der Waals surface area contributed by atoms with E-state index < -0.39 is 0 Å². The number of amides is 1. The van der Waals surface area contributed by atoms with Gasteiger partial charge in [0, 0.05) is 62.7 Å². The van der Waals surface area contributed by atoms with Crippen LogP contribution in [0.15, 0.2) is 86.1 Å². The lowest BCUT2D eigenvalue weighted by molar-refractivity contribution is -0.111. The van der Waals surface area contributed by atoms with Crippen LogP contribution in [0.2, 0.25) is 0 Å². The number of hydrogen-bond donors (Lipinski definition) is 2. The van der Waals surface area contributed by atoms with Crippen LogP contribution >= 0.6 is 0 Å². The molecular formula is C34H38N10O3. The minimum Gasteiger partial charge on any atom is -0.494 e. The van der Waals surface area contributed by atoms with E-state index in [1.165, 1.54) is 12.4 Å². The quantitative estimate of drug-likeness (QED) is 0.181. The van der Waals surface area contributed by atoms with Crippen LogP contribution in [-0.4, -0.2) is 83.3 Å². The largest absolute Gasteiger partial charge is 0.494 e. The van der Waals surface area contributed by atoms with E-state index in [4.69, 9.17) is 9.57 Å². The van der Waals surface area contributed by atoms with Gasteiger partial charge in [-0.15, -0.1) is 0 Å². The summed E-state index contributed by atoms with van der Waals surface area (Å²) in [6, 6.07) is 15.7. The summed E-state index contributed by atoms with van der Waals surface area (Å²) >= 11 is 0. The van der Waals surface area contributed by atoms with Gasteiger partial charge >= 0.3 is 0 Å². The number of carbonyl (C=O) groups excluding carboxylic acids is 1. The number of anilines is 5. The second-order valence-corrected chi connectivity index (χ2v) is 11.4. The van der Waals surface area contributed by atoms with Gasteiger partial charge in [-0.25, -0.2) is 24.5 Å². The summed E-state index contributed by atoms with van der Waals surface area (Å²) in [6.07, 6.45) is 9.10. The highest BCUT2D eigenvalue weighted by molar-refractivity contribution is 6.02. The number of aromatic nitrogens is 5. The van der Waals surface area contributed by atoms with Crippen molar-refractivity contribution in [2.75, 3.05) is 68.5 Å². The fourth-order valence-electron chi connectivity index (χ4n) is 5.46. The number of carbonyl (C=O) groups is 1. The van der Waals surface area contributed by atoms with Crippen LogP contribution in [0.5, 0.6) is 5.75 Å². The molecule has 3 aromatic heterocycles. The van der Waals surface area contributed by atoms with Crippen LogP contribution < -0.4 is 25.3 Å². The number of hydroxylamine groups is 1. The maximum Gasteiger partial charge on any atom is 0.247 e. The minimum absolute atomic E-state index is 0.0636. The molecule has 5 aromatic rings. The summed E-state index contributed by atoms with van der Waals surface area (Å²) in [6.45, 7) is 5.73. The molecule has 242 valence electrons. The molecule has 13 heteroatoms. The number of nitrogens with one attached hydrogen (secondary N) is 2. The first-order valence-electron chi connectivity index (χ1n) is 15.2. The molecule has 47 heavy (non-hydrogen) atoms. The van der Waals surface area contributed by atoms with E-state index in [0.717, 1.165) is 47.5 Å². The summed E-state index contributed by atoms with van der Waals surface area (Å²) in [5.74, 6) is 1.41. The summed E-state index contributed by atoms with van der Waals surface area (Å²) in [7, 11) is 7.62. The molecule has 0 saturated carbocycles. The number of likely N-dealkylation sites (N-methyl/N-ethyl adjacent to an activating group) is 2. The molecule has 2 aromatic carbocycles. The highest BCUT2D eigenvalue weighted by atomic mass is 16.7. The summed E-state index contributed by atoms with van der Waals surface area (Å²) in [4.78, 5) is 36.2. The van der Waals surface area contributed by atoms with E-state index in [-0.39, 0.29) is 11.9 Å². The third-order valence-electron chi connectivity index (χ3n) is 7.95. The predicted octanol–water partition coefficient (Wildman–Crippen LogP) is 4.94. The number of benzene rings is 2. The Bertz CT molecular complexity index is 1890. The minimum atomic E-state index is -0.313. The fraction of sp³-hybridized carbons (Fsp3) is 0.265. The first-order chi connectivity index (χ1) is 22.8. The van der Waals surface area contributed by atoms with E-state index in [1.807, 2.05) is 68.9 Å². The molecule has 0 bridgehead atoms. The first-order valence-corrected chi connectivity index (χ1v) is 15.2. The smallest absolute Gasteiger partial charge is 0.247 e. The number of hydrogen-bond acceptors (Lipinski definition) is 11. The Morgan fingerprint density at radius 3 is 2.77 bits per heavy atom. The SMILES string of the molecule is C=CC(=O)Nc1cc(Nc2cc(N3OCC[C@@H]3c3cccc(-c4cnc5ccnn5c4)c3)ncn2)c(OC)cc1N(C)CCN(C)C. The molecule has 1 aliphatic rings. The molecule has 13 nitrogen and oxygen atoms in total. The molecule has 4 heterocycles. The van der Waals surface area contributed by atoms with Crippen molar-refractivity contribution in [1.82, 2.24) is 29.5 Å². The lowest BCUT2D eigenvalue weighted by Crippen LogP contribution is -2.29. The Kier molecular flexibility index (Phi) is 9.27.